The summed E-state index contributed by atoms with van der Waals surface area (Å²) in [5.41, 5.74) is 8.12. The van der Waals surface area contributed by atoms with E-state index in [2.05, 4.69) is 55.4 Å². The van der Waals surface area contributed by atoms with Crippen LogP contribution >= 0.6 is 11.3 Å². The molecule has 0 aliphatic rings. The van der Waals surface area contributed by atoms with Gasteiger partial charge in [0, 0.05) is 87.8 Å². The minimum absolute atomic E-state index is 0. The first kappa shape index (κ1) is 65.0. The Kier molecular flexibility index (Phi) is 23.4. The molecule has 10 aromatic heterocycles. The van der Waals surface area contributed by atoms with Gasteiger partial charge in [-0.25, -0.2) is 23.8 Å². The van der Waals surface area contributed by atoms with E-state index in [1.54, 1.807) is 52.8 Å². The molecule has 0 spiro atoms. The largest absolute Gasteiger partial charge is 1.00 e. The van der Waals surface area contributed by atoms with Crippen molar-refractivity contribution in [2.24, 2.45) is 35.2 Å². The van der Waals surface area contributed by atoms with Crippen LogP contribution < -0.4 is 69.3 Å². The van der Waals surface area contributed by atoms with Gasteiger partial charge in [0.15, 0.2) is 17.1 Å². The van der Waals surface area contributed by atoms with E-state index in [1.807, 2.05) is 57.3 Å². The van der Waals surface area contributed by atoms with Gasteiger partial charge in [0.25, 0.3) is 0 Å². The van der Waals surface area contributed by atoms with Crippen LogP contribution in [0.3, 0.4) is 0 Å². The molecule has 0 saturated heterocycles. The van der Waals surface area contributed by atoms with Crippen molar-refractivity contribution < 1.29 is 113 Å². The van der Waals surface area contributed by atoms with Crippen molar-refractivity contribution in [3.63, 3.8) is 0 Å². The third-order valence-electron chi connectivity index (χ3n) is 10.9. The smallest absolute Gasteiger partial charge is 0.543 e. The van der Waals surface area contributed by atoms with Crippen molar-refractivity contribution in [2.75, 3.05) is 0 Å². The number of carbonyl (C=O) groups excluding carboxylic acids is 2. The third kappa shape index (κ3) is 16.3. The van der Waals surface area contributed by atoms with Crippen LogP contribution in [0.1, 0.15) is 75.1 Å². The number of carboxylic acids is 5. The van der Waals surface area contributed by atoms with E-state index in [1.165, 1.54) is 80.4 Å². The van der Waals surface area contributed by atoms with Crippen LogP contribution in [0.2, 0.25) is 0 Å². The zero-order valence-electron chi connectivity index (χ0n) is 45.5. The van der Waals surface area contributed by atoms with Crippen LogP contribution in [-0.4, -0.2) is 124 Å². The van der Waals surface area contributed by atoms with Gasteiger partial charge in [-0.1, -0.05) is 6.07 Å². The number of nitrogens with zero attached hydrogens (tertiary/aromatic N) is 16. The molecule has 0 radical (unpaired) electrons. The Hall–Kier alpha value is -8.51. The van der Waals surface area contributed by atoms with Crippen molar-refractivity contribution >= 4 is 41.2 Å². The molecule has 0 unspecified atom stereocenters. The number of aromatic carboxylic acids is 5. The Morgan fingerprint density at radius 1 is 0.469 bits per heavy atom. The van der Waals surface area contributed by atoms with Crippen molar-refractivity contribution in [3.8, 4) is 55.6 Å². The topological polar surface area (TPSA) is 359 Å². The maximum Gasteiger partial charge on any atom is 1.00 e. The van der Waals surface area contributed by atoms with Gasteiger partial charge in [-0.05, 0) is 63.6 Å². The number of aryl methyl sites for hydroxylation is 9. The molecule has 0 aliphatic heterocycles. The summed E-state index contributed by atoms with van der Waals surface area (Å²) >= 11 is 1.42. The predicted molar refractivity (Wildman–Crippen MR) is 276 cm³/mol. The Morgan fingerprint density at radius 2 is 0.901 bits per heavy atom. The maximum atomic E-state index is 13.0. The molecule has 0 fully saturated rings. The molecule has 0 atom stereocenters. The van der Waals surface area contributed by atoms with Gasteiger partial charge in [-0.3, -0.25) is 48.3 Å². The molecular weight excluding hydrogens is 1090 g/mol. The number of carboxylic acid groups (broad SMARTS) is 5. The number of rotatable bonds is 10. The molecule has 3 N–H and O–H groups in total. The Balaban J connectivity index is 0.000000216. The van der Waals surface area contributed by atoms with Crippen LogP contribution in [0.15, 0.2) is 104 Å². The summed E-state index contributed by atoms with van der Waals surface area (Å²) in [7, 11) is 7.81. The van der Waals surface area contributed by atoms with Crippen molar-refractivity contribution in [3.05, 3.63) is 161 Å². The minimum Gasteiger partial charge on any atom is -0.543 e. The molecule has 10 rings (SSSR count). The zero-order chi connectivity index (χ0) is 57.8. The summed E-state index contributed by atoms with van der Waals surface area (Å²) in [6.07, 6.45) is 13.3. The molecule has 406 valence electrons. The molecule has 0 aliphatic carbocycles. The Morgan fingerprint density at radius 3 is 1.31 bits per heavy atom. The van der Waals surface area contributed by atoms with Crippen LogP contribution in [0.5, 0.6) is 0 Å². The fourth-order valence-electron chi connectivity index (χ4n) is 7.28. The minimum atomic E-state index is -1.37. The molecule has 26 nitrogen and oxygen atoms in total. The van der Waals surface area contributed by atoms with Gasteiger partial charge in [-0.2, -0.15) is 25.5 Å². The molecule has 30 heteroatoms. The van der Waals surface area contributed by atoms with E-state index in [4.69, 9.17) is 15.3 Å². The predicted octanol–water partition coefficient (Wildman–Crippen LogP) is -1.93. The molecule has 10 heterocycles. The van der Waals surface area contributed by atoms with Gasteiger partial charge in [0.1, 0.15) is 10.8 Å². The number of pyridine rings is 3. The first-order chi connectivity index (χ1) is 37.5. The average Bonchev–Trinajstić information content (AvgIpc) is 4.29. The Labute approximate surface area is 508 Å². The van der Waals surface area contributed by atoms with Crippen LogP contribution in [0.25, 0.3) is 55.6 Å². The number of aromatic nitrogens is 16. The standard InChI is InChI=1S/2C11H11N3O2.C10H8FN3O2.C10H10N4O2.C9H9N3O2S.2Na/c1-7-3-4-12-9(5-7)8-6-13-14(2)10(8)11(15)16;1-7-4-3-5-9(13-7)8-6-12-14(2)10(8)11(15)16;1-14-9(10(15)16)7(5-13-14)8-4-6(11)2-3-12-8;1-6-3-12-8(5-11-6)7-4-13-14(2)9(7)10(15)16;1-5-4-15-8(11-5)6-3-10-12(2)7(6)9(13)14;;/h2*3-6H,1-2H3,(H,15,16);2-5H,1H3,(H,15,16);3-5H,1-2H3,(H,15,16);3-4H,1-2H3,(H,13,14);;/q;;;;;2*+1/p-2. The van der Waals surface area contributed by atoms with Crippen LogP contribution in [0, 0.1) is 33.5 Å². The van der Waals surface area contributed by atoms with Crippen molar-refractivity contribution in [2.45, 2.75) is 27.7 Å². The van der Waals surface area contributed by atoms with Gasteiger partial charge in [0.05, 0.1) is 106 Å². The third-order valence-corrected chi connectivity index (χ3v) is 11.9. The van der Waals surface area contributed by atoms with E-state index in [-0.39, 0.29) is 98.8 Å². The summed E-state index contributed by atoms with van der Waals surface area (Å²) in [5, 5.41) is 71.0. The number of hydrogen-bond donors (Lipinski definition) is 3. The van der Waals surface area contributed by atoms with Crippen LogP contribution in [0.4, 0.5) is 4.39 Å². The summed E-state index contributed by atoms with van der Waals surface area (Å²) in [4.78, 5) is 79.7. The molecule has 0 bridgehead atoms. The molecular formula is C51H47FN16Na2O10S. The average molecular weight is 1140 g/mol. The first-order valence-electron chi connectivity index (χ1n) is 22.9. The van der Waals surface area contributed by atoms with E-state index >= 15 is 0 Å². The fraction of sp³-hybridized carbons (Fsp3) is 0.176. The number of hydrogen-bond acceptors (Lipinski definition) is 19. The molecule has 81 heavy (non-hydrogen) atoms. The van der Waals surface area contributed by atoms with Gasteiger partial charge < -0.3 is 35.1 Å². The van der Waals surface area contributed by atoms with Gasteiger partial charge in [0.2, 0.25) is 0 Å². The second-order valence-corrected chi connectivity index (χ2v) is 17.6. The SMILES string of the molecule is Cc1cccc(-c2cnn(C)c2C(=O)O)n1.Cc1ccnc(-c2cnn(C)c2C(=O)[O-])c1.Cc1cnc(-c2cnn(C)c2C(=O)O)cn1.Cc1csc(-c2cnn(C)c2C(=O)O)n1.Cn1ncc(-c2cc(F)ccn2)c1C(=O)[O-].[Na+].[Na+]. The second kappa shape index (κ2) is 29.1. The first-order valence-corrected chi connectivity index (χ1v) is 23.8. The fourth-order valence-corrected chi connectivity index (χ4v) is 8.08. The second-order valence-electron chi connectivity index (χ2n) is 16.7. The zero-order valence-corrected chi connectivity index (χ0v) is 50.3. The molecule has 0 amide bonds. The normalized spacial score (nSPS) is 10.1. The summed E-state index contributed by atoms with van der Waals surface area (Å²) in [5.74, 6) is -6.13. The Bertz CT molecular complexity index is 3620. The van der Waals surface area contributed by atoms with E-state index in [0.29, 0.717) is 44.3 Å². The molecule has 0 aromatic carbocycles. The van der Waals surface area contributed by atoms with E-state index in [0.717, 1.165) is 33.4 Å². The molecule has 10 aromatic rings. The quantitative estimate of drug-likeness (QED) is 0.126. The van der Waals surface area contributed by atoms with Crippen LogP contribution in [-0.2, 0) is 35.2 Å². The molecule has 0 saturated carbocycles. The van der Waals surface area contributed by atoms with Crippen molar-refractivity contribution in [1.29, 1.82) is 0 Å². The monoisotopic (exact) mass is 1140 g/mol. The van der Waals surface area contributed by atoms with Gasteiger partial charge in [-0.15, -0.1) is 11.3 Å². The number of halogens is 1. The summed E-state index contributed by atoms with van der Waals surface area (Å²) in [6.45, 7) is 7.47. The number of carbonyl (C=O) groups is 5. The summed E-state index contributed by atoms with van der Waals surface area (Å²) < 4.78 is 19.4. The summed E-state index contributed by atoms with van der Waals surface area (Å²) in [6, 6.07) is 11.5. The van der Waals surface area contributed by atoms with Gasteiger partial charge >= 0.3 is 77.0 Å². The van der Waals surface area contributed by atoms with E-state index in [9.17, 15) is 38.6 Å². The maximum absolute atomic E-state index is 13.0. The number of thiazole rings is 1. The van der Waals surface area contributed by atoms with E-state index < -0.39 is 35.7 Å². The van der Waals surface area contributed by atoms with Crippen molar-refractivity contribution in [1.82, 2.24) is 78.8 Å².